The molecule has 1 saturated heterocycles. The van der Waals surface area contributed by atoms with Gasteiger partial charge in [0.2, 0.25) is 0 Å². The smallest absolute Gasteiger partial charge is 0.332 e. The minimum atomic E-state index is -0.694. The van der Waals surface area contributed by atoms with Crippen molar-refractivity contribution in [3.05, 3.63) is 62.0 Å². The lowest BCUT2D eigenvalue weighted by atomic mass is 10.0. The number of aromatic nitrogens is 2. The maximum Gasteiger partial charge on any atom is 0.332 e. The standard InChI is InChI=1S/C17H17FN4O3/c1-20-15(13(8-19)16(24)21(2)17(20)25)22-9-12(23)7-14(22)10-3-5-11(18)6-4-10/h3-6,12,14,23H,7,9H2,1-2H3/t12-,14+/m1/s1. The molecule has 130 valence electrons. The number of anilines is 1. The van der Waals surface area contributed by atoms with Crippen LogP contribution in [-0.4, -0.2) is 26.9 Å². The molecule has 1 aliphatic heterocycles. The summed E-state index contributed by atoms with van der Waals surface area (Å²) in [4.78, 5) is 26.3. The first-order chi connectivity index (χ1) is 11.8. The van der Waals surface area contributed by atoms with Gasteiger partial charge in [0.25, 0.3) is 5.56 Å². The number of nitriles is 1. The summed E-state index contributed by atoms with van der Waals surface area (Å²) in [6, 6.07) is 7.31. The predicted octanol–water partition coefficient (Wildman–Crippen LogP) is 0.407. The van der Waals surface area contributed by atoms with Crippen molar-refractivity contribution in [1.82, 2.24) is 9.13 Å². The lowest BCUT2D eigenvalue weighted by molar-refractivity contribution is 0.194. The fourth-order valence-corrected chi connectivity index (χ4v) is 3.32. The van der Waals surface area contributed by atoms with Crippen LogP contribution >= 0.6 is 0 Å². The van der Waals surface area contributed by atoms with Crippen molar-refractivity contribution in [3.8, 4) is 6.07 Å². The summed E-state index contributed by atoms with van der Waals surface area (Å²) in [5.74, 6) is -0.214. The minimum Gasteiger partial charge on any atom is -0.391 e. The Bertz CT molecular complexity index is 972. The van der Waals surface area contributed by atoms with E-state index in [1.54, 1.807) is 17.0 Å². The van der Waals surface area contributed by atoms with Crippen LogP contribution in [0.4, 0.5) is 10.2 Å². The fourth-order valence-electron chi connectivity index (χ4n) is 3.32. The molecule has 25 heavy (non-hydrogen) atoms. The Morgan fingerprint density at radius 2 is 1.84 bits per heavy atom. The predicted molar refractivity (Wildman–Crippen MR) is 88.7 cm³/mol. The maximum atomic E-state index is 13.2. The van der Waals surface area contributed by atoms with E-state index in [9.17, 15) is 24.3 Å². The van der Waals surface area contributed by atoms with Crippen LogP contribution in [0.3, 0.4) is 0 Å². The number of benzene rings is 1. The van der Waals surface area contributed by atoms with Crippen molar-refractivity contribution >= 4 is 5.82 Å². The molecule has 0 unspecified atom stereocenters. The van der Waals surface area contributed by atoms with Crippen molar-refractivity contribution in [2.24, 2.45) is 14.1 Å². The van der Waals surface area contributed by atoms with Gasteiger partial charge < -0.3 is 10.0 Å². The highest BCUT2D eigenvalue weighted by molar-refractivity contribution is 5.56. The Balaban J connectivity index is 2.21. The van der Waals surface area contributed by atoms with Gasteiger partial charge in [-0.25, -0.2) is 9.18 Å². The average molecular weight is 344 g/mol. The molecule has 8 heteroatoms. The van der Waals surface area contributed by atoms with Crippen molar-refractivity contribution in [2.75, 3.05) is 11.4 Å². The van der Waals surface area contributed by atoms with Gasteiger partial charge in [-0.2, -0.15) is 5.26 Å². The van der Waals surface area contributed by atoms with Crippen molar-refractivity contribution in [3.63, 3.8) is 0 Å². The van der Waals surface area contributed by atoms with Crippen molar-refractivity contribution in [1.29, 1.82) is 5.26 Å². The number of aliphatic hydroxyl groups excluding tert-OH is 1. The van der Waals surface area contributed by atoms with E-state index in [0.717, 1.165) is 10.1 Å². The second-order valence-electron chi connectivity index (χ2n) is 6.13. The monoisotopic (exact) mass is 344 g/mol. The molecule has 1 fully saturated rings. The van der Waals surface area contributed by atoms with Crippen LogP contribution in [0.15, 0.2) is 33.9 Å². The Kier molecular flexibility index (Phi) is 4.18. The van der Waals surface area contributed by atoms with Crippen LogP contribution in [-0.2, 0) is 14.1 Å². The van der Waals surface area contributed by atoms with Gasteiger partial charge >= 0.3 is 5.69 Å². The van der Waals surface area contributed by atoms with Crippen LogP contribution in [0, 0.1) is 17.1 Å². The number of aliphatic hydroxyl groups is 1. The second kappa shape index (κ2) is 6.18. The van der Waals surface area contributed by atoms with E-state index in [1.165, 1.54) is 30.8 Å². The molecule has 0 saturated carbocycles. The molecule has 0 spiro atoms. The van der Waals surface area contributed by atoms with Gasteiger partial charge in [-0.15, -0.1) is 0 Å². The van der Waals surface area contributed by atoms with Crippen LogP contribution < -0.4 is 16.1 Å². The zero-order valence-corrected chi connectivity index (χ0v) is 13.8. The van der Waals surface area contributed by atoms with Gasteiger partial charge in [0.1, 0.15) is 17.7 Å². The topological polar surface area (TPSA) is 91.3 Å². The largest absolute Gasteiger partial charge is 0.391 e. The quantitative estimate of drug-likeness (QED) is 0.852. The van der Waals surface area contributed by atoms with E-state index in [2.05, 4.69) is 0 Å². The van der Waals surface area contributed by atoms with E-state index in [-0.39, 0.29) is 29.8 Å². The van der Waals surface area contributed by atoms with Crippen LogP contribution in [0.5, 0.6) is 0 Å². The zero-order chi connectivity index (χ0) is 18.3. The third-order valence-electron chi connectivity index (χ3n) is 4.55. The molecule has 0 aliphatic carbocycles. The molecule has 1 aromatic heterocycles. The van der Waals surface area contributed by atoms with Crippen LogP contribution in [0.2, 0.25) is 0 Å². The van der Waals surface area contributed by atoms with E-state index in [0.29, 0.717) is 6.42 Å². The minimum absolute atomic E-state index is 0.161. The van der Waals surface area contributed by atoms with Gasteiger partial charge in [0, 0.05) is 20.6 Å². The summed E-state index contributed by atoms with van der Waals surface area (Å²) in [7, 11) is 2.79. The highest BCUT2D eigenvalue weighted by Gasteiger charge is 2.36. The third-order valence-corrected chi connectivity index (χ3v) is 4.55. The highest BCUT2D eigenvalue weighted by atomic mass is 19.1. The van der Waals surface area contributed by atoms with E-state index >= 15 is 0 Å². The van der Waals surface area contributed by atoms with Crippen molar-refractivity contribution < 1.29 is 9.50 Å². The highest BCUT2D eigenvalue weighted by Crippen LogP contribution is 2.36. The van der Waals surface area contributed by atoms with Gasteiger partial charge in [0.15, 0.2) is 5.56 Å². The SMILES string of the molecule is Cn1c(N2C[C@H](O)C[C@H]2c2ccc(F)cc2)c(C#N)c(=O)n(C)c1=O. The number of hydrogen-bond acceptors (Lipinski definition) is 5. The summed E-state index contributed by atoms with van der Waals surface area (Å²) in [6.45, 7) is 0.164. The average Bonchev–Trinajstić information content (AvgIpc) is 2.98. The summed E-state index contributed by atoms with van der Waals surface area (Å²) in [5, 5.41) is 19.6. The number of nitrogens with zero attached hydrogens (tertiary/aromatic N) is 4. The first-order valence-electron chi connectivity index (χ1n) is 7.75. The molecular weight excluding hydrogens is 327 g/mol. The first kappa shape index (κ1) is 16.9. The maximum absolute atomic E-state index is 13.2. The molecule has 1 aromatic carbocycles. The lowest BCUT2D eigenvalue weighted by Gasteiger charge is -2.29. The van der Waals surface area contributed by atoms with Gasteiger partial charge in [-0.1, -0.05) is 12.1 Å². The molecule has 2 atom stereocenters. The molecular formula is C17H17FN4O3. The van der Waals surface area contributed by atoms with Crippen LogP contribution in [0.1, 0.15) is 23.6 Å². The van der Waals surface area contributed by atoms with Gasteiger partial charge in [-0.05, 0) is 24.1 Å². The number of hydrogen-bond donors (Lipinski definition) is 1. The third kappa shape index (κ3) is 2.72. The molecule has 1 N–H and O–H groups in total. The van der Waals surface area contributed by atoms with E-state index < -0.39 is 17.4 Å². The normalized spacial score (nSPS) is 19.9. The Morgan fingerprint density at radius 1 is 1.20 bits per heavy atom. The van der Waals surface area contributed by atoms with Crippen molar-refractivity contribution in [2.45, 2.75) is 18.6 Å². The molecule has 2 aromatic rings. The Hall–Kier alpha value is -2.92. The Morgan fingerprint density at radius 3 is 2.44 bits per heavy atom. The zero-order valence-electron chi connectivity index (χ0n) is 13.8. The molecule has 3 rings (SSSR count). The van der Waals surface area contributed by atoms with Gasteiger partial charge in [-0.3, -0.25) is 13.9 Å². The number of halogens is 1. The summed E-state index contributed by atoms with van der Waals surface area (Å²) < 4.78 is 15.3. The number of rotatable bonds is 2. The summed E-state index contributed by atoms with van der Waals surface area (Å²) in [5.41, 5.74) is -0.668. The summed E-state index contributed by atoms with van der Waals surface area (Å²) >= 11 is 0. The molecule has 7 nitrogen and oxygen atoms in total. The Labute approximate surface area is 142 Å². The first-order valence-corrected chi connectivity index (χ1v) is 7.75. The molecule has 0 bridgehead atoms. The number of β-amino-alcohol motifs (C(OH)–C–C–N with tert-alkyl or cyclic N) is 1. The van der Waals surface area contributed by atoms with Gasteiger partial charge in [0.05, 0.1) is 12.1 Å². The van der Waals surface area contributed by atoms with E-state index in [4.69, 9.17) is 0 Å². The molecule has 1 aliphatic rings. The summed E-state index contributed by atoms with van der Waals surface area (Å²) in [6.07, 6.45) is -0.347. The molecule has 2 heterocycles. The fraction of sp³-hybridized carbons (Fsp3) is 0.353. The lowest BCUT2D eigenvalue weighted by Crippen LogP contribution is -2.42. The second-order valence-corrected chi connectivity index (χ2v) is 6.13. The van der Waals surface area contributed by atoms with Crippen LogP contribution in [0.25, 0.3) is 0 Å². The molecule has 0 radical (unpaired) electrons. The van der Waals surface area contributed by atoms with E-state index in [1.807, 2.05) is 6.07 Å². The molecule has 0 amide bonds.